The van der Waals surface area contributed by atoms with Gasteiger partial charge in [0.15, 0.2) is 0 Å². The Hall–Kier alpha value is -1.32. The molecule has 0 radical (unpaired) electrons. The first-order valence-corrected chi connectivity index (χ1v) is 7.89. The van der Waals surface area contributed by atoms with Gasteiger partial charge in [-0.2, -0.15) is 5.10 Å². The van der Waals surface area contributed by atoms with E-state index in [-0.39, 0.29) is 11.4 Å². The van der Waals surface area contributed by atoms with E-state index in [1.165, 1.54) is 0 Å². The fraction of sp³-hybridized carbons (Fsp3) is 0.750. The Bertz CT molecular complexity index is 419. The van der Waals surface area contributed by atoms with Crippen molar-refractivity contribution in [3.05, 3.63) is 18.0 Å². The lowest BCUT2D eigenvalue weighted by atomic mass is 10.1. The first-order chi connectivity index (χ1) is 9.55. The molecular formula is C16H29N3O. The van der Waals surface area contributed by atoms with E-state index in [2.05, 4.69) is 30.5 Å². The Morgan fingerprint density at radius 3 is 2.60 bits per heavy atom. The number of rotatable bonds is 6. The lowest BCUT2D eigenvalue weighted by molar-refractivity contribution is -0.121. The Balaban J connectivity index is 0.000000956. The zero-order valence-corrected chi connectivity index (χ0v) is 13.6. The summed E-state index contributed by atoms with van der Waals surface area (Å²) in [6, 6.07) is 0. The topological polar surface area (TPSA) is 46.9 Å². The molecule has 0 spiro atoms. The fourth-order valence-corrected chi connectivity index (χ4v) is 2.09. The van der Waals surface area contributed by atoms with E-state index in [0.717, 1.165) is 31.4 Å². The van der Waals surface area contributed by atoms with Crippen LogP contribution in [0.25, 0.3) is 0 Å². The van der Waals surface area contributed by atoms with Crippen LogP contribution in [0.4, 0.5) is 0 Å². The molecule has 20 heavy (non-hydrogen) atoms. The summed E-state index contributed by atoms with van der Waals surface area (Å²) in [5, 5.41) is 7.51. The predicted molar refractivity (Wildman–Crippen MR) is 82.4 cm³/mol. The lowest BCUT2D eigenvalue weighted by Gasteiger charge is -2.14. The van der Waals surface area contributed by atoms with Crippen LogP contribution in [0.3, 0.4) is 0 Å². The molecule has 0 aromatic carbocycles. The summed E-state index contributed by atoms with van der Waals surface area (Å²) in [5.74, 6) is 0.815. The third-order valence-corrected chi connectivity index (χ3v) is 3.57. The highest BCUT2D eigenvalue weighted by Crippen LogP contribution is 2.45. The average Bonchev–Trinajstić information content (AvgIpc) is 3.06. The molecule has 1 N–H and O–H groups in total. The summed E-state index contributed by atoms with van der Waals surface area (Å²) in [6.45, 7) is 11.3. The second-order valence-electron chi connectivity index (χ2n) is 5.66. The number of nitrogens with zero attached hydrogens (tertiary/aromatic N) is 2. The van der Waals surface area contributed by atoms with E-state index in [1.54, 1.807) is 0 Å². The molecule has 1 heterocycles. The monoisotopic (exact) mass is 279 g/mol. The van der Waals surface area contributed by atoms with Crippen LogP contribution in [0, 0.1) is 5.92 Å². The number of amides is 1. The molecule has 0 unspecified atom stereocenters. The maximum absolute atomic E-state index is 11.5. The molecule has 0 bridgehead atoms. The van der Waals surface area contributed by atoms with Gasteiger partial charge in [-0.3, -0.25) is 9.48 Å². The van der Waals surface area contributed by atoms with Gasteiger partial charge in [0.1, 0.15) is 0 Å². The van der Waals surface area contributed by atoms with Gasteiger partial charge in [-0.25, -0.2) is 0 Å². The molecule has 1 aromatic rings. The molecule has 2 rings (SSSR count). The molecule has 0 atom stereocenters. The predicted octanol–water partition coefficient (Wildman–Crippen LogP) is 3.47. The average molecular weight is 279 g/mol. The van der Waals surface area contributed by atoms with Crippen molar-refractivity contribution >= 4 is 5.91 Å². The molecule has 4 heteroatoms. The van der Waals surface area contributed by atoms with Crippen molar-refractivity contribution in [1.82, 2.24) is 15.1 Å². The quantitative estimate of drug-likeness (QED) is 0.866. The first kappa shape index (κ1) is 16.7. The van der Waals surface area contributed by atoms with Gasteiger partial charge in [-0.15, -0.1) is 0 Å². The third-order valence-electron chi connectivity index (χ3n) is 3.57. The van der Waals surface area contributed by atoms with Crippen LogP contribution in [-0.4, -0.2) is 15.7 Å². The summed E-state index contributed by atoms with van der Waals surface area (Å²) < 4.78 is 1.99. The summed E-state index contributed by atoms with van der Waals surface area (Å²) in [7, 11) is 0. The number of nitrogens with one attached hydrogen (secondary N) is 1. The van der Waals surface area contributed by atoms with Crippen molar-refractivity contribution in [2.24, 2.45) is 5.92 Å². The van der Waals surface area contributed by atoms with Gasteiger partial charge >= 0.3 is 0 Å². The van der Waals surface area contributed by atoms with Crippen molar-refractivity contribution in [2.45, 2.75) is 72.4 Å². The van der Waals surface area contributed by atoms with E-state index in [4.69, 9.17) is 0 Å². The standard InChI is InChI=1S/C14H23N3O.C2H6/c1-4-13(18)16-14(6-7-14)12-9-15-17(10-12)8-5-11(2)3;1-2/h9-11H,4-8H2,1-3H3,(H,16,18);1-2H3. The maximum Gasteiger partial charge on any atom is 0.220 e. The van der Waals surface area contributed by atoms with Crippen LogP contribution in [0.15, 0.2) is 12.4 Å². The van der Waals surface area contributed by atoms with Gasteiger partial charge in [0.05, 0.1) is 11.7 Å². The number of hydrogen-bond donors (Lipinski definition) is 1. The summed E-state index contributed by atoms with van der Waals surface area (Å²) in [4.78, 5) is 11.5. The van der Waals surface area contributed by atoms with E-state index in [0.29, 0.717) is 12.3 Å². The molecule has 1 fully saturated rings. The molecule has 1 amide bonds. The number of carbonyl (C=O) groups is 1. The first-order valence-electron chi connectivity index (χ1n) is 7.89. The number of aromatic nitrogens is 2. The van der Waals surface area contributed by atoms with Crippen LogP contribution in [0.1, 0.15) is 65.9 Å². The largest absolute Gasteiger partial charge is 0.346 e. The summed E-state index contributed by atoms with van der Waals surface area (Å²) >= 11 is 0. The smallest absolute Gasteiger partial charge is 0.220 e. The van der Waals surface area contributed by atoms with Gasteiger partial charge < -0.3 is 5.32 Å². The second kappa shape index (κ2) is 7.46. The highest BCUT2D eigenvalue weighted by atomic mass is 16.1. The molecule has 0 saturated heterocycles. The summed E-state index contributed by atoms with van der Waals surface area (Å²) in [5.41, 5.74) is 1.05. The zero-order valence-electron chi connectivity index (χ0n) is 13.6. The highest BCUT2D eigenvalue weighted by molar-refractivity contribution is 5.77. The van der Waals surface area contributed by atoms with Gasteiger partial charge in [0, 0.05) is 24.7 Å². The highest BCUT2D eigenvalue weighted by Gasteiger charge is 2.46. The van der Waals surface area contributed by atoms with Gasteiger partial charge in [0.25, 0.3) is 0 Å². The second-order valence-corrected chi connectivity index (χ2v) is 5.66. The zero-order chi connectivity index (χ0) is 15.2. The van der Waals surface area contributed by atoms with E-state index < -0.39 is 0 Å². The molecule has 1 aromatic heterocycles. The Kier molecular flexibility index (Phi) is 6.24. The van der Waals surface area contributed by atoms with Gasteiger partial charge in [0.2, 0.25) is 5.91 Å². The molecule has 4 nitrogen and oxygen atoms in total. The Morgan fingerprint density at radius 2 is 2.10 bits per heavy atom. The SMILES string of the molecule is CC.CCC(=O)NC1(c2cnn(CCC(C)C)c2)CC1. The minimum atomic E-state index is -0.108. The van der Waals surface area contributed by atoms with Crippen molar-refractivity contribution in [3.8, 4) is 0 Å². The van der Waals surface area contributed by atoms with Gasteiger partial charge in [-0.05, 0) is 25.2 Å². The number of aryl methyl sites for hydroxylation is 1. The normalized spacial score (nSPS) is 15.5. The lowest BCUT2D eigenvalue weighted by Crippen LogP contribution is -2.34. The van der Waals surface area contributed by atoms with E-state index >= 15 is 0 Å². The van der Waals surface area contributed by atoms with Gasteiger partial charge in [-0.1, -0.05) is 34.6 Å². The maximum atomic E-state index is 11.5. The van der Waals surface area contributed by atoms with Crippen LogP contribution in [0.5, 0.6) is 0 Å². The van der Waals surface area contributed by atoms with Crippen molar-refractivity contribution in [1.29, 1.82) is 0 Å². The summed E-state index contributed by atoms with van der Waals surface area (Å²) in [6.07, 6.45) is 7.75. The van der Waals surface area contributed by atoms with Crippen molar-refractivity contribution in [3.63, 3.8) is 0 Å². The molecule has 114 valence electrons. The van der Waals surface area contributed by atoms with Crippen LogP contribution < -0.4 is 5.32 Å². The van der Waals surface area contributed by atoms with E-state index in [1.807, 2.05) is 31.6 Å². The van der Waals surface area contributed by atoms with Crippen LogP contribution in [0.2, 0.25) is 0 Å². The fourth-order valence-electron chi connectivity index (χ4n) is 2.09. The Labute approximate surface area is 122 Å². The minimum Gasteiger partial charge on any atom is -0.346 e. The minimum absolute atomic E-state index is 0.108. The van der Waals surface area contributed by atoms with Crippen LogP contribution in [-0.2, 0) is 16.9 Å². The Morgan fingerprint density at radius 1 is 1.45 bits per heavy atom. The molecule has 1 saturated carbocycles. The molecule has 1 aliphatic rings. The van der Waals surface area contributed by atoms with Crippen molar-refractivity contribution < 1.29 is 4.79 Å². The molecule has 1 aliphatic carbocycles. The third kappa shape index (κ3) is 4.36. The number of carbonyl (C=O) groups excluding carboxylic acids is 1. The molecular weight excluding hydrogens is 250 g/mol. The van der Waals surface area contributed by atoms with E-state index in [9.17, 15) is 4.79 Å². The van der Waals surface area contributed by atoms with Crippen molar-refractivity contribution in [2.75, 3.05) is 0 Å². The number of hydrogen-bond acceptors (Lipinski definition) is 2. The molecule has 0 aliphatic heterocycles. The van der Waals surface area contributed by atoms with Crippen LogP contribution >= 0.6 is 0 Å².